The van der Waals surface area contributed by atoms with E-state index in [0.717, 1.165) is 0 Å². The number of urea groups is 1. The molecule has 13 heavy (non-hydrogen) atoms. The van der Waals surface area contributed by atoms with Crippen molar-refractivity contribution in [3.05, 3.63) is 0 Å². The lowest BCUT2D eigenvalue weighted by molar-refractivity contribution is -0.153. The predicted octanol–water partition coefficient (Wildman–Crippen LogP) is 0.108. The maximum Gasteiger partial charge on any atom is 0.314 e. The highest BCUT2D eigenvalue weighted by molar-refractivity contribution is 5.76. The Bertz CT molecular complexity index is 244. The Morgan fingerprint density at radius 3 is 2.23 bits per heavy atom. The number of carbonyl (C=O) groups excluding carboxylic acids is 1. The lowest BCUT2D eigenvalue weighted by atomic mass is 9.74. The molecule has 0 aromatic rings. The second-order valence-corrected chi connectivity index (χ2v) is 3.97. The average Bonchev–Trinajstić information content (AvgIpc) is 1.80. The Hall–Kier alpha value is -1.26. The summed E-state index contributed by atoms with van der Waals surface area (Å²) in [5.41, 5.74) is 4.25. The van der Waals surface area contributed by atoms with Crippen molar-refractivity contribution in [1.82, 2.24) is 4.90 Å². The fourth-order valence-electron chi connectivity index (χ4n) is 1.29. The molecule has 5 nitrogen and oxygen atoms in total. The number of nitrogens with zero attached hydrogens (tertiary/aromatic N) is 1. The first kappa shape index (κ1) is 9.83. The van der Waals surface area contributed by atoms with E-state index >= 15 is 0 Å². The largest absolute Gasteiger partial charge is 0.481 e. The van der Waals surface area contributed by atoms with Crippen molar-refractivity contribution in [1.29, 1.82) is 0 Å². The minimum atomic E-state index is -0.832. The normalized spacial score (nSPS) is 18.2. The summed E-state index contributed by atoms with van der Waals surface area (Å²) in [7, 11) is 0. The van der Waals surface area contributed by atoms with Gasteiger partial charge < -0.3 is 15.7 Å². The van der Waals surface area contributed by atoms with Crippen LogP contribution in [0.25, 0.3) is 0 Å². The zero-order valence-electron chi connectivity index (χ0n) is 7.78. The third-order valence-corrected chi connectivity index (χ3v) is 2.77. The molecule has 0 spiro atoms. The molecule has 1 heterocycles. The molecule has 3 N–H and O–H groups in total. The topological polar surface area (TPSA) is 83.6 Å². The Kier molecular flexibility index (Phi) is 2.19. The van der Waals surface area contributed by atoms with Crippen molar-refractivity contribution in [2.75, 3.05) is 13.1 Å². The summed E-state index contributed by atoms with van der Waals surface area (Å²) in [6, 6.07) is -0.475. The third-order valence-electron chi connectivity index (χ3n) is 2.77. The molecule has 2 amide bonds. The number of primary amides is 1. The van der Waals surface area contributed by atoms with Crippen LogP contribution in [0.2, 0.25) is 0 Å². The maximum atomic E-state index is 10.8. The number of carbonyl (C=O) groups is 2. The molecule has 1 saturated heterocycles. The van der Waals surface area contributed by atoms with E-state index in [-0.39, 0.29) is 5.92 Å². The van der Waals surface area contributed by atoms with Crippen molar-refractivity contribution in [3.8, 4) is 0 Å². The van der Waals surface area contributed by atoms with Gasteiger partial charge in [-0.25, -0.2) is 4.79 Å². The summed E-state index contributed by atoms with van der Waals surface area (Å²) in [5.74, 6) is -0.820. The van der Waals surface area contributed by atoms with E-state index in [2.05, 4.69) is 0 Å². The number of carboxylic acid groups (broad SMARTS) is 1. The average molecular weight is 186 g/mol. The smallest absolute Gasteiger partial charge is 0.314 e. The van der Waals surface area contributed by atoms with Gasteiger partial charge in [-0.05, 0) is 13.8 Å². The van der Waals surface area contributed by atoms with E-state index in [9.17, 15) is 9.59 Å². The van der Waals surface area contributed by atoms with Gasteiger partial charge in [0.25, 0.3) is 0 Å². The standard InChI is InChI=1S/C8H14N2O3/c1-8(2,6(11)12)5-3-10(4-5)7(9)13/h5H,3-4H2,1-2H3,(H2,9,13)(H,11,12). The first-order chi connectivity index (χ1) is 5.85. The van der Waals surface area contributed by atoms with Crippen LogP contribution in [0.5, 0.6) is 0 Å². The lowest BCUT2D eigenvalue weighted by Crippen LogP contribution is -2.58. The van der Waals surface area contributed by atoms with Gasteiger partial charge in [-0.3, -0.25) is 4.79 Å². The highest BCUT2D eigenvalue weighted by atomic mass is 16.4. The molecule has 5 heteroatoms. The quantitative estimate of drug-likeness (QED) is 0.641. The number of hydrogen-bond donors (Lipinski definition) is 2. The zero-order chi connectivity index (χ0) is 10.2. The first-order valence-corrected chi connectivity index (χ1v) is 4.13. The summed E-state index contributed by atoms with van der Waals surface area (Å²) in [4.78, 5) is 22.9. The van der Waals surface area contributed by atoms with Crippen LogP contribution in [0, 0.1) is 11.3 Å². The Morgan fingerprint density at radius 1 is 1.46 bits per heavy atom. The highest BCUT2D eigenvalue weighted by Gasteiger charge is 2.44. The van der Waals surface area contributed by atoms with Crippen molar-refractivity contribution < 1.29 is 14.7 Å². The molecule has 1 rings (SSSR count). The molecular weight excluding hydrogens is 172 g/mol. The molecule has 1 aliphatic heterocycles. The molecule has 0 aliphatic carbocycles. The molecule has 0 atom stereocenters. The van der Waals surface area contributed by atoms with Crippen molar-refractivity contribution >= 4 is 12.0 Å². The Labute approximate surface area is 76.5 Å². The van der Waals surface area contributed by atoms with E-state index in [0.29, 0.717) is 13.1 Å². The van der Waals surface area contributed by atoms with Crippen LogP contribution in [-0.2, 0) is 4.79 Å². The molecule has 0 aromatic carbocycles. The Morgan fingerprint density at radius 2 is 1.92 bits per heavy atom. The molecule has 0 unspecified atom stereocenters. The Balaban J connectivity index is 2.52. The van der Waals surface area contributed by atoms with Crippen LogP contribution < -0.4 is 5.73 Å². The minimum Gasteiger partial charge on any atom is -0.481 e. The molecule has 0 radical (unpaired) electrons. The monoisotopic (exact) mass is 186 g/mol. The lowest BCUT2D eigenvalue weighted by Gasteiger charge is -2.44. The first-order valence-electron chi connectivity index (χ1n) is 4.13. The second kappa shape index (κ2) is 2.90. The molecule has 0 bridgehead atoms. The number of aliphatic carboxylic acids is 1. The predicted molar refractivity (Wildman–Crippen MR) is 46.1 cm³/mol. The van der Waals surface area contributed by atoms with Gasteiger partial charge in [0.1, 0.15) is 0 Å². The van der Waals surface area contributed by atoms with E-state index in [1.165, 1.54) is 4.90 Å². The molecular formula is C8H14N2O3. The minimum absolute atomic E-state index is 0.0116. The van der Waals surface area contributed by atoms with Gasteiger partial charge in [0.05, 0.1) is 5.41 Å². The summed E-state index contributed by atoms with van der Waals surface area (Å²) >= 11 is 0. The van der Waals surface area contributed by atoms with Crippen LogP contribution in [0.1, 0.15) is 13.8 Å². The molecule has 74 valence electrons. The molecule has 1 aliphatic rings. The number of carboxylic acids is 1. The van der Waals surface area contributed by atoms with Crippen molar-refractivity contribution in [3.63, 3.8) is 0 Å². The molecule has 0 saturated carbocycles. The summed E-state index contributed by atoms with van der Waals surface area (Å²) < 4.78 is 0. The van der Waals surface area contributed by atoms with Crippen LogP contribution in [0.15, 0.2) is 0 Å². The van der Waals surface area contributed by atoms with E-state index in [4.69, 9.17) is 10.8 Å². The highest BCUT2D eigenvalue weighted by Crippen LogP contribution is 2.34. The maximum absolute atomic E-state index is 10.8. The second-order valence-electron chi connectivity index (χ2n) is 3.97. The molecule has 1 fully saturated rings. The van der Waals surface area contributed by atoms with E-state index < -0.39 is 17.4 Å². The van der Waals surface area contributed by atoms with Crippen LogP contribution in [0.3, 0.4) is 0 Å². The number of rotatable bonds is 2. The number of hydrogen-bond acceptors (Lipinski definition) is 2. The number of nitrogens with two attached hydrogens (primary N) is 1. The van der Waals surface area contributed by atoms with Gasteiger partial charge in [0, 0.05) is 19.0 Å². The molecule has 0 aromatic heterocycles. The number of likely N-dealkylation sites (tertiary alicyclic amines) is 1. The van der Waals surface area contributed by atoms with Gasteiger partial charge in [-0.2, -0.15) is 0 Å². The van der Waals surface area contributed by atoms with Crippen molar-refractivity contribution in [2.24, 2.45) is 17.1 Å². The SMILES string of the molecule is CC(C)(C(=O)O)C1CN(C(N)=O)C1. The number of amides is 2. The van der Waals surface area contributed by atoms with E-state index in [1.54, 1.807) is 13.8 Å². The van der Waals surface area contributed by atoms with Gasteiger partial charge in [0.15, 0.2) is 0 Å². The van der Waals surface area contributed by atoms with Crippen molar-refractivity contribution in [2.45, 2.75) is 13.8 Å². The fourth-order valence-corrected chi connectivity index (χ4v) is 1.29. The summed E-state index contributed by atoms with van der Waals surface area (Å²) in [6.07, 6.45) is 0. The zero-order valence-corrected chi connectivity index (χ0v) is 7.78. The van der Waals surface area contributed by atoms with Gasteiger partial charge in [0.2, 0.25) is 0 Å². The summed E-state index contributed by atoms with van der Waals surface area (Å²) in [5, 5.41) is 8.87. The fraction of sp³-hybridized carbons (Fsp3) is 0.750. The van der Waals surface area contributed by atoms with Gasteiger partial charge in [-0.1, -0.05) is 0 Å². The third kappa shape index (κ3) is 1.59. The van der Waals surface area contributed by atoms with Gasteiger partial charge in [-0.15, -0.1) is 0 Å². The summed E-state index contributed by atoms with van der Waals surface area (Å²) in [6.45, 7) is 4.24. The van der Waals surface area contributed by atoms with Crippen LogP contribution in [0.4, 0.5) is 4.79 Å². The van der Waals surface area contributed by atoms with Crippen LogP contribution >= 0.6 is 0 Å². The van der Waals surface area contributed by atoms with Crippen LogP contribution in [-0.4, -0.2) is 35.1 Å². The van der Waals surface area contributed by atoms with E-state index in [1.807, 2.05) is 0 Å². The van der Waals surface area contributed by atoms with Gasteiger partial charge >= 0.3 is 12.0 Å².